The molecule has 108 valence electrons. The highest BCUT2D eigenvalue weighted by atomic mass is 35.5. The van der Waals surface area contributed by atoms with Crippen LogP contribution in [0, 0.1) is 0 Å². The van der Waals surface area contributed by atoms with Crippen molar-refractivity contribution in [2.24, 2.45) is 0 Å². The summed E-state index contributed by atoms with van der Waals surface area (Å²) in [6, 6.07) is 9.67. The molecule has 0 saturated heterocycles. The molecule has 1 aromatic carbocycles. The van der Waals surface area contributed by atoms with Gasteiger partial charge in [0.2, 0.25) is 5.91 Å². The molecule has 3 aromatic rings. The van der Waals surface area contributed by atoms with E-state index in [4.69, 9.17) is 11.6 Å². The van der Waals surface area contributed by atoms with Crippen molar-refractivity contribution in [2.45, 2.75) is 19.5 Å². The summed E-state index contributed by atoms with van der Waals surface area (Å²) in [6.07, 6.45) is 2.13. The van der Waals surface area contributed by atoms with Gasteiger partial charge in [-0.3, -0.25) is 9.48 Å². The van der Waals surface area contributed by atoms with E-state index in [1.54, 1.807) is 17.5 Å². The molecule has 21 heavy (non-hydrogen) atoms. The highest BCUT2D eigenvalue weighted by Crippen LogP contribution is 2.22. The van der Waals surface area contributed by atoms with E-state index in [9.17, 15) is 4.79 Å². The molecule has 6 heteroatoms. The van der Waals surface area contributed by atoms with Crippen molar-refractivity contribution in [3.8, 4) is 0 Å². The van der Waals surface area contributed by atoms with Gasteiger partial charge in [0.25, 0.3) is 0 Å². The minimum absolute atomic E-state index is 0.0223. The SMILES string of the molecule is O=C(CCn1ncc2c(Cl)cccc21)NCc1cccs1. The fourth-order valence-electron chi connectivity index (χ4n) is 2.14. The monoisotopic (exact) mass is 319 g/mol. The molecule has 4 nitrogen and oxygen atoms in total. The maximum absolute atomic E-state index is 11.9. The third-order valence-electron chi connectivity index (χ3n) is 3.22. The van der Waals surface area contributed by atoms with Gasteiger partial charge in [0.05, 0.1) is 29.8 Å². The summed E-state index contributed by atoms with van der Waals surface area (Å²) < 4.78 is 1.81. The van der Waals surface area contributed by atoms with Gasteiger partial charge in [0.1, 0.15) is 0 Å². The Morgan fingerprint density at radius 2 is 2.24 bits per heavy atom. The van der Waals surface area contributed by atoms with Gasteiger partial charge in [-0.1, -0.05) is 23.7 Å². The van der Waals surface area contributed by atoms with Crippen LogP contribution in [0.4, 0.5) is 0 Å². The molecule has 0 atom stereocenters. The standard InChI is InChI=1S/C15H14ClN3OS/c16-13-4-1-5-14-12(13)10-18-19(14)7-6-15(20)17-9-11-3-2-8-21-11/h1-5,8,10H,6-7,9H2,(H,17,20). The molecule has 0 aliphatic heterocycles. The number of nitrogens with zero attached hydrogens (tertiary/aromatic N) is 2. The first kappa shape index (κ1) is 14.1. The predicted octanol–water partition coefficient (Wildman–Crippen LogP) is 3.46. The van der Waals surface area contributed by atoms with E-state index in [2.05, 4.69) is 10.4 Å². The molecule has 0 aliphatic rings. The Labute approximate surface area is 131 Å². The molecule has 0 spiro atoms. The summed E-state index contributed by atoms with van der Waals surface area (Å²) in [7, 11) is 0. The Bertz CT molecular complexity index is 751. The second kappa shape index (κ2) is 6.28. The second-order valence-electron chi connectivity index (χ2n) is 4.65. The first-order valence-electron chi connectivity index (χ1n) is 6.63. The number of rotatable bonds is 5. The van der Waals surface area contributed by atoms with Crippen LogP contribution in [0.5, 0.6) is 0 Å². The predicted molar refractivity (Wildman–Crippen MR) is 85.5 cm³/mol. The summed E-state index contributed by atoms with van der Waals surface area (Å²) >= 11 is 7.75. The quantitative estimate of drug-likeness (QED) is 0.783. The van der Waals surface area contributed by atoms with Crippen LogP contribution in [0.3, 0.4) is 0 Å². The Balaban J connectivity index is 1.59. The largest absolute Gasteiger partial charge is 0.351 e. The summed E-state index contributed by atoms with van der Waals surface area (Å²) in [4.78, 5) is 13.0. The number of aromatic nitrogens is 2. The van der Waals surface area contributed by atoms with Crippen LogP contribution >= 0.6 is 22.9 Å². The lowest BCUT2D eigenvalue weighted by atomic mass is 10.2. The number of halogens is 1. The van der Waals surface area contributed by atoms with Crippen molar-refractivity contribution in [1.29, 1.82) is 0 Å². The zero-order chi connectivity index (χ0) is 14.7. The summed E-state index contributed by atoms with van der Waals surface area (Å²) in [5, 5.41) is 10.8. The molecule has 0 radical (unpaired) electrons. The lowest BCUT2D eigenvalue weighted by molar-refractivity contribution is -0.121. The molecule has 0 unspecified atom stereocenters. The molecule has 0 bridgehead atoms. The van der Waals surface area contributed by atoms with E-state index in [0.717, 1.165) is 15.8 Å². The van der Waals surface area contributed by atoms with Crippen molar-refractivity contribution in [3.63, 3.8) is 0 Å². The second-order valence-corrected chi connectivity index (χ2v) is 6.09. The number of carbonyl (C=O) groups excluding carboxylic acids is 1. The van der Waals surface area contributed by atoms with Crippen LogP contribution < -0.4 is 5.32 Å². The van der Waals surface area contributed by atoms with Crippen LogP contribution in [0.15, 0.2) is 41.9 Å². The van der Waals surface area contributed by atoms with E-state index in [0.29, 0.717) is 24.5 Å². The van der Waals surface area contributed by atoms with Gasteiger partial charge in [-0.25, -0.2) is 0 Å². The maximum Gasteiger partial charge on any atom is 0.222 e. The number of carbonyl (C=O) groups is 1. The highest BCUT2D eigenvalue weighted by Gasteiger charge is 2.07. The molecule has 1 amide bonds. The smallest absolute Gasteiger partial charge is 0.222 e. The minimum Gasteiger partial charge on any atom is -0.351 e. The molecule has 1 N–H and O–H groups in total. The number of amides is 1. The fourth-order valence-corrected chi connectivity index (χ4v) is 3.00. The van der Waals surface area contributed by atoms with E-state index < -0.39 is 0 Å². The van der Waals surface area contributed by atoms with E-state index >= 15 is 0 Å². The molecule has 3 rings (SSSR count). The summed E-state index contributed by atoms with van der Waals surface area (Å²) in [5.41, 5.74) is 0.952. The number of aryl methyl sites for hydroxylation is 1. The third-order valence-corrected chi connectivity index (χ3v) is 4.43. The molecule has 0 saturated carbocycles. The Morgan fingerprint density at radius 3 is 3.05 bits per heavy atom. The first-order valence-corrected chi connectivity index (χ1v) is 7.89. The molecule has 2 heterocycles. The van der Waals surface area contributed by atoms with E-state index in [-0.39, 0.29) is 5.91 Å². The maximum atomic E-state index is 11.9. The van der Waals surface area contributed by atoms with Gasteiger partial charge >= 0.3 is 0 Å². The summed E-state index contributed by atoms with van der Waals surface area (Å²) in [5.74, 6) is 0.0223. The summed E-state index contributed by atoms with van der Waals surface area (Å²) in [6.45, 7) is 1.13. The van der Waals surface area contributed by atoms with Crippen LogP contribution in [0.2, 0.25) is 5.02 Å². The average molecular weight is 320 g/mol. The number of nitrogens with one attached hydrogen (secondary N) is 1. The number of fused-ring (bicyclic) bond motifs is 1. The normalized spacial score (nSPS) is 10.9. The van der Waals surface area contributed by atoms with Crippen molar-refractivity contribution in [1.82, 2.24) is 15.1 Å². The van der Waals surface area contributed by atoms with Gasteiger partial charge in [-0.2, -0.15) is 5.10 Å². The minimum atomic E-state index is 0.0223. The fraction of sp³-hybridized carbons (Fsp3) is 0.200. The number of thiophene rings is 1. The average Bonchev–Trinajstić information content (AvgIpc) is 3.13. The Morgan fingerprint density at radius 1 is 1.33 bits per heavy atom. The molecular weight excluding hydrogens is 306 g/mol. The lowest BCUT2D eigenvalue weighted by Crippen LogP contribution is -2.23. The van der Waals surface area contributed by atoms with Crippen molar-refractivity contribution >= 4 is 39.7 Å². The van der Waals surface area contributed by atoms with Crippen LogP contribution in [-0.4, -0.2) is 15.7 Å². The van der Waals surface area contributed by atoms with Gasteiger partial charge in [0.15, 0.2) is 0 Å². The van der Waals surface area contributed by atoms with E-state index in [1.807, 2.05) is 40.4 Å². The Hall–Kier alpha value is -1.85. The van der Waals surface area contributed by atoms with E-state index in [1.165, 1.54) is 0 Å². The van der Waals surface area contributed by atoms with Gasteiger partial charge in [-0.05, 0) is 23.6 Å². The topological polar surface area (TPSA) is 46.9 Å². The van der Waals surface area contributed by atoms with Crippen LogP contribution in [0.25, 0.3) is 10.9 Å². The zero-order valence-corrected chi connectivity index (χ0v) is 12.8. The highest BCUT2D eigenvalue weighted by molar-refractivity contribution is 7.09. The zero-order valence-electron chi connectivity index (χ0n) is 11.3. The number of hydrogen-bond acceptors (Lipinski definition) is 3. The third kappa shape index (κ3) is 3.25. The Kier molecular flexibility index (Phi) is 4.22. The van der Waals surface area contributed by atoms with Crippen LogP contribution in [-0.2, 0) is 17.9 Å². The van der Waals surface area contributed by atoms with Gasteiger partial charge < -0.3 is 5.32 Å². The number of benzene rings is 1. The first-order chi connectivity index (χ1) is 10.2. The van der Waals surface area contributed by atoms with Crippen molar-refractivity contribution < 1.29 is 4.79 Å². The van der Waals surface area contributed by atoms with Gasteiger partial charge in [0, 0.05) is 16.7 Å². The molecule has 2 aromatic heterocycles. The van der Waals surface area contributed by atoms with Crippen LogP contribution in [0.1, 0.15) is 11.3 Å². The lowest BCUT2D eigenvalue weighted by Gasteiger charge is -2.05. The van der Waals surface area contributed by atoms with Crippen molar-refractivity contribution in [3.05, 3.63) is 51.8 Å². The molecule has 0 fully saturated rings. The van der Waals surface area contributed by atoms with Gasteiger partial charge in [-0.15, -0.1) is 11.3 Å². The molecule has 0 aliphatic carbocycles. The van der Waals surface area contributed by atoms with Crippen molar-refractivity contribution in [2.75, 3.05) is 0 Å². The molecular formula is C15H14ClN3OS. The number of hydrogen-bond donors (Lipinski definition) is 1.